The van der Waals surface area contributed by atoms with E-state index in [0.717, 1.165) is 43.9 Å². The summed E-state index contributed by atoms with van der Waals surface area (Å²) in [7, 11) is 0. The minimum absolute atomic E-state index is 0.318. The van der Waals surface area contributed by atoms with Crippen molar-refractivity contribution in [1.29, 1.82) is 0 Å². The summed E-state index contributed by atoms with van der Waals surface area (Å²) in [5, 5.41) is 1.34. The van der Waals surface area contributed by atoms with Crippen molar-refractivity contribution in [2.24, 2.45) is 0 Å². The molecule has 5 nitrogen and oxygen atoms in total. The number of rotatable bonds is 5. The molecule has 1 atom stereocenters. The molecule has 192 valence electrons. The minimum atomic E-state index is 0.318. The van der Waals surface area contributed by atoms with Gasteiger partial charge in [-0.25, -0.2) is 0 Å². The summed E-state index contributed by atoms with van der Waals surface area (Å²) in [5.74, 6) is 1.24. The zero-order valence-electron chi connectivity index (χ0n) is 22.7. The average molecular weight is 487 g/mol. The third kappa shape index (κ3) is 5.08. The van der Waals surface area contributed by atoms with Gasteiger partial charge in [-0.05, 0) is 100 Å². The number of fused-ring (bicyclic) bond motifs is 1. The van der Waals surface area contributed by atoms with Gasteiger partial charge in [0.2, 0.25) is 5.91 Å². The Labute approximate surface area is 216 Å². The zero-order valence-corrected chi connectivity index (χ0v) is 22.7. The normalized spacial score (nSPS) is 19.9. The Morgan fingerprint density at radius 1 is 1.03 bits per heavy atom. The fraction of sp³-hybridized carbons (Fsp3) is 0.548. The number of piperidine rings is 2. The van der Waals surface area contributed by atoms with E-state index in [0.29, 0.717) is 30.3 Å². The van der Waals surface area contributed by atoms with Crippen LogP contribution in [0.5, 0.6) is 0 Å². The first-order chi connectivity index (χ1) is 17.3. The number of nitrogens with zero attached hydrogens (tertiary/aromatic N) is 3. The number of hydrogen-bond acceptors (Lipinski definition) is 3. The summed E-state index contributed by atoms with van der Waals surface area (Å²) in [6, 6.07) is 11.9. The standard InChI is InChI=1S/C31H42N4O/c1-20(2)30-27-18-25(9-10-28(27)33-31(30)26-16-21(3)32-22(4)17-26)24-11-14-34(15-12-24)29(36)19-35-13-7-6-8-23(35)5/h9-10,16-18,20,23-24,33H,6-8,11-15,19H2,1-5H3. The molecule has 5 rings (SSSR count). The molecule has 2 aromatic heterocycles. The molecule has 1 aromatic carbocycles. The first-order valence-electron chi connectivity index (χ1n) is 13.9. The predicted molar refractivity (Wildman–Crippen MR) is 149 cm³/mol. The lowest BCUT2D eigenvalue weighted by Gasteiger charge is -2.37. The first kappa shape index (κ1) is 25.0. The fourth-order valence-corrected chi connectivity index (χ4v) is 6.42. The highest BCUT2D eigenvalue weighted by Crippen LogP contribution is 2.38. The van der Waals surface area contributed by atoms with Gasteiger partial charge in [-0.3, -0.25) is 14.7 Å². The van der Waals surface area contributed by atoms with Gasteiger partial charge in [0.25, 0.3) is 0 Å². The topological polar surface area (TPSA) is 52.2 Å². The highest BCUT2D eigenvalue weighted by Gasteiger charge is 2.28. The molecule has 2 fully saturated rings. The van der Waals surface area contributed by atoms with Crippen molar-refractivity contribution in [2.75, 3.05) is 26.2 Å². The molecule has 1 unspecified atom stereocenters. The van der Waals surface area contributed by atoms with Crippen molar-refractivity contribution in [3.8, 4) is 11.3 Å². The van der Waals surface area contributed by atoms with Gasteiger partial charge in [0, 0.05) is 47.0 Å². The van der Waals surface area contributed by atoms with Crippen molar-refractivity contribution in [3.63, 3.8) is 0 Å². The number of carbonyl (C=O) groups is 1. The van der Waals surface area contributed by atoms with Crippen molar-refractivity contribution in [1.82, 2.24) is 19.8 Å². The Morgan fingerprint density at radius 2 is 1.75 bits per heavy atom. The number of H-pyrrole nitrogens is 1. The Morgan fingerprint density at radius 3 is 2.42 bits per heavy atom. The molecule has 0 saturated carbocycles. The van der Waals surface area contributed by atoms with Crippen molar-refractivity contribution in [3.05, 3.63) is 52.8 Å². The lowest BCUT2D eigenvalue weighted by molar-refractivity contribution is -0.134. The largest absolute Gasteiger partial charge is 0.354 e. The highest BCUT2D eigenvalue weighted by molar-refractivity contribution is 5.92. The van der Waals surface area contributed by atoms with Gasteiger partial charge < -0.3 is 9.88 Å². The summed E-state index contributed by atoms with van der Waals surface area (Å²) in [5.41, 5.74) is 8.54. The molecule has 36 heavy (non-hydrogen) atoms. The van der Waals surface area contributed by atoms with Crippen molar-refractivity contribution in [2.45, 2.75) is 84.6 Å². The molecular weight excluding hydrogens is 444 g/mol. The number of aromatic nitrogens is 2. The second-order valence-corrected chi connectivity index (χ2v) is 11.5. The first-order valence-corrected chi connectivity index (χ1v) is 13.9. The molecule has 3 aromatic rings. The van der Waals surface area contributed by atoms with Crippen molar-refractivity contribution >= 4 is 16.8 Å². The number of pyridine rings is 1. The predicted octanol–water partition coefficient (Wildman–Crippen LogP) is 6.55. The Bertz CT molecular complexity index is 1210. The molecule has 2 aliphatic heterocycles. The van der Waals surface area contributed by atoms with E-state index in [9.17, 15) is 4.79 Å². The maximum Gasteiger partial charge on any atom is 0.236 e. The van der Waals surface area contributed by atoms with Gasteiger partial charge in [-0.15, -0.1) is 0 Å². The van der Waals surface area contributed by atoms with Crippen LogP contribution in [0.15, 0.2) is 30.3 Å². The van der Waals surface area contributed by atoms with Crippen LogP contribution < -0.4 is 0 Å². The third-order valence-corrected chi connectivity index (χ3v) is 8.41. The fourth-order valence-electron chi connectivity index (χ4n) is 6.42. The van der Waals surface area contributed by atoms with Gasteiger partial charge in [0.05, 0.1) is 12.2 Å². The molecule has 2 aliphatic rings. The van der Waals surface area contributed by atoms with E-state index in [4.69, 9.17) is 0 Å². The maximum atomic E-state index is 13.0. The number of benzene rings is 1. The lowest BCUT2D eigenvalue weighted by atomic mass is 9.87. The van der Waals surface area contributed by atoms with Crippen LogP contribution in [0.4, 0.5) is 0 Å². The summed E-state index contributed by atoms with van der Waals surface area (Å²) in [6.45, 7) is 14.4. The summed E-state index contributed by atoms with van der Waals surface area (Å²) in [4.78, 5) is 25.8. The third-order valence-electron chi connectivity index (χ3n) is 8.41. The molecule has 4 heterocycles. The zero-order chi connectivity index (χ0) is 25.4. The van der Waals surface area contributed by atoms with E-state index in [-0.39, 0.29) is 0 Å². The molecule has 1 N–H and O–H groups in total. The number of likely N-dealkylation sites (tertiary alicyclic amines) is 2. The minimum Gasteiger partial charge on any atom is -0.354 e. The number of aryl methyl sites for hydroxylation is 2. The summed E-state index contributed by atoms with van der Waals surface area (Å²) >= 11 is 0. The van der Waals surface area contributed by atoms with Gasteiger partial charge in [-0.2, -0.15) is 0 Å². The molecule has 0 radical (unpaired) electrons. The molecule has 1 amide bonds. The van der Waals surface area contributed by atoms with E-state index >= 15 is 0 Å². The number of amides is 1. The highest BCUT2D eigenvalue weighted by atomic mass is 16.2. The molecular formula is C31H42N4O. The van der Waals surface area contributed by atoms with Crippen molar-refractivity contribution < 1.29 is 4.79 Å². The smallest absolute Gasteiger partial charge is 0.236 e. The Hall–Kier alpha value is -2.66. The maximum absolute atomic E-state index is 13.0. The second-order valence-electron chi connectivity index (χ2n) is 11.5. The second kappa shape index (κ2) is 10.4. The monoisotopic (exact) mass is 486 g/mol. The Kier molecular flexibility index (Phi) is 7.21. The average Bonchev–Trinajstić information content (AvgIpc) is 3.24. The van der Waals surface area contributed by atoms with E-state index < -0.39 is 0 Å². The van der Waals surface area contributed by atoms with Crippen LogP contribution in [0.2, 0.25) is 0 Å². The quantitative estimate of drug-likeness (QED) is 0.445. The van der Waals surface area contributed by atoms with Crippen LogP contribution in [0.1, 0.15) is 87.2 Å². The number of hydrogen-bond donors (Lipinski definition) is 1. The Balaban J connectivity index is 1.33. The molecule has 0 spiro atoms. The molecule has 5 heteroatoms. The van der Waals surface area contributed by atoms with Crippen LogP contribution in [-0.2, 0) is 4.79 Å². The van der Waals surface area contributed by atoms with Gasteiger partial charge >= 0.3 is 0 Å². The lowest BCUT2D eigenvalue weighted by Crippen LogP contribution is -2.47. The van der Waals surface area contributed by atoms with Crippen LogP contribution in [0, 0.1) is 13.8 Å². The van der Waals surface area contributed by atoms with Crippen LogP contribution >= 0.6 is 0 Å². The van der Waals surface area contributed by atoms with E-state index in [1.165, 1.54) is 52.5 Å². The SMILES string of the molecule is Cc1cc(-c2[nH]c3ccc(C4CCN(C(=O)CN5CCCCC5C)CC4)cc3c2C(C)C)cc(C)n1. The number of aromatic amines is 1. The van der Waals surface area contributed by atoms with E-state index in [2.05, 4.69) is 84.7 Å². The molecule has 0 bridgehead atoms. The van der Waals surface area contributed by atoms with Crippen LogP contribution in [0.25, 0.3) is 22.2 Å². The van der Waals surface area contributed by atoms with Gasteiger partial charge in [-0.1, -0.05) is 26.3 Å². The number of carbonyl (C=O) groups excluding carboxylic acids is 1. The van der Waals surface area contributed by atoms with Gasteiger partial charge in [0.1, 0.15) is 0 Å². The summed E-state index contributed by atoms with van der Waals surface area (Å²) < 4.78 is 0. The van der Waals surface area contributed by atoms with E-state index in [1.807, 2.05) is 0 Å². The molecule has 2 saturated heterocycles. The molecule has 0 aliphatic carbocycles. The van der Waals surface area contributed by atoms with Crippen LogP contribution in [0.3, 0.4) is 0 Å². The summed E-state index contributed by atoms with van der Waals surface area (Å²) in [6.07, 6.45) is 5.83. The van der Waals surface area contributed by atoms with E-state index in [1.54, 1.807) is 0 Å². The van der Waals surface area contributed by atoms with Gasteiger partial charge in [0.15, 0.2) is 0 Å². The number of nitrogens with one attached hydrogen (secondary N) is 1. The van der Waals surface area contributed by atoms with Crippen LogP contribution in [-0.4, -0.2) is 57.9 Å².